The summed E-state index contributed by atoms with van der Waals surface area (Å²) in [6.45, 7) is 2.58. The second-order valence-corrected chi connectivity index (χ2v) is 6.53. The fourth-order valence-electron chi connectivity index (χ4n) is 2.50. The van der Waals surface area contributed by atoms with E-state index in [1.165, 1.54) is 0 Å². The molecule has 0 spiro atoms. The van der Waals surface area contributed by atoms with Crippen LogP contribution in [0.2, 0.25) is 0 Å². The minimum Gasteiger partial charge on any atom is -0.336 e. The Morgan fingerprint density at radius 2 is 2.22 bits per heavy atom. The molecule has 0 saturated carbocycles. The average molecular weight is 277 g/mol. The molecule has 0 aromatic heterocycles. The number of carbonyl (C=O) groups is 1. The lowest BCUT2D eigenvalue weighted by Crippen LogP contribution is -2.40. The van der Waals surface area contributed by atoms with E-state index in [4.69, 9.17) is 4.18 Å². The zero-order chi connectivity index (χ0) is 13.3. The van der Waals surface area contributed by atoms with Crippen molar-refractivity contribution in [3.63, 3.8) is 0 Å². The van der Waals surface area contributed by atoms with Gasteiger partial charge in [-0.05, 0) is 13.5 Å². The van der Waals surface area contributed by atoms with Crippen molar-refractivity contribution in [3.8, 4) is 0 Å². The number of likely N-dealkylation sites (tertiary alicyclic amines) is 1. The summed E-state index contributed by atoms with van der Waals surface area (Å²) in [5, 5.41) is 2.75. The van der Waals surface area contributed by atoms with Gasteiger partial charge >= 0.3 is 6.03 Å². The van der Waals surface area contributed by atoms with Crippen molar-refractivity contribution in [2.75, 3.05) is 39.5 Å². The van der Waals surface area contributed by atoms with E-state index in [-0.39, 0.29) is 18.2 Å². The van der Waals surface area contributed by atoms with Crippen molar-refractivity contribution in [1.29, 1.82) is 0 Å². The quantitative estimate of drug-likeness (QED) is 0.671. The molecule has 104 valence electrons. The van der Waals surface area contributed by atoms with E-state index in [0.717, 1.165) is 6.26 Å². The number of likely N-dealkylation sites (N-methyl/N-ethyl adjacent to an activating group) is 1. The SMILES string of the molecule is CN1C[C@H](OS(C)(=O)=O)C[C@H]1CN1CCNC1=O. The van der Waals surface area contributed by atoms with Crippen molar-refractivity contribution in [1.82, 2.24) is 15.1 Å². The van der Waals surface area contributed by atoms with Crippen LogP contribution in [0.25, 0.3) is 0 Å². The van der Waals surface area contributed by atoms with Gasteiger partial charge in [0, 0.05) is 32.2 Å². The number of hydrogen-bond donors (Lipinski definition) is 1. The summed E-state index contributed by atoms with van der Waals surface area (Å²) in [4.78, 5) is 15.2. The summed E-state index contributed by atoms with van der Waals surface area (Å²) in [6, 6.07) is 0.108. The molecule has 0 aromatic rings. The van der Waals surface area contributed by atoms with Crippen LogP contribution in [-0.2, 0) is 14.3 Å². The molecule has 2 aliphatic heterocycles. The number of rotatable bonds is 4. The predicted molar refractivity (Wildman–Crippen MR) is 65.7 cm³/mol. The molecular formula is C10H19N3O4S. The van der Waals surface area contributed by atoms with Crippen molar-refractivity contribution in [2.24, 2.45) is 0 Å². The maximum Gasteiger partial charge on any atom is 0.317 e. The smallest absolute Gasteiger partial charge is 0.317 e. The standard InChI is InChI=1S/C10H19N3O4S/c1-12-7-9(17-18(2,15)16)5-8(12)6-13-4-3-11-10(13)14/h8-9H,3-7H2,1-2H3,(H,11,14)/t8-,9+/m0/s1. The largest absolute Gasteiger partial charge is 0.336 e. The first-order valence-corrected chi connectivity index (χ1v) is 7.78. The Bertz CT molecular complexity index is 425. The molecule has 2 saturated heterocycles. The Morgan fingerprint density at radius 1 is 1.50 bits per heavy atom. The molecule has 8 heteroatoms. The molecule has 0 bridgehead atoms. The van der Waals surface area contributed by atoms with Crippen molar-refractivity contribution in [3.05, 3.63) is 0 Å². The highest BCUT2D eigenvalue weighted by atomic mass is 32.2. The van der Waals surface area contributed by atoms with Gasteiger partial charge in [0.1, 0.15) is 0 Å². The lowest BCUT2D eigenvalue weighted by Gasteiger charge is -2.24. The molecule has 2 aliphatic rings. The second kappa shape index (κ2) is 5.02. The van der Waals surface area contributed by atoms with Gasteiger partial charge in [0.25, 0.3) is 10.1 Å². The number of nitrogens with zero attached hydrogens (tertiary/aromatic N) is 2. The van der Waals surface area contributed by atoms with Crippen molar-refractivity contribution < 1.29 is 17.4 Å². The van der Waals surface area contributed by atoms with Gasteiger partial charge in [-0.3, -0.25) is 9.08 Å². The molecule has 18 heavy (non-hydrogen) atoms. The summed E-state index contributed by atoms with van der Waals surface area (Å²) in [6.07, 6.45) is 1.39. The molecule has 2 fully saturated rings. The summed E-state index contributed by atoms with van der Waals surface area (Å²) in [5.74, 6) is 0. The van der Waals surface area contributed by atoms with E-state index < -0.39 is 10.1 Å². The van der Waals surface area contributed by atoms with Crippen LogP contribution < -0.4 is 5.32 Å². The van der Waals surface area contributed by atoms with Gasteiger partial charge in [-0.15, -0.1) is 0 Å². The first-order chi connectivity index (χ1) is 8.35. The zero-order valence-electron chi connectivity index (χ0n) is 10.6. The van der Waals surface area contributed by atoms with Crippen LogP contribution in [0.15, 0.2) is 0 Å². The van der Waals surface area contributed by atoms with Gasteiger partial charge in [-0.25, -0.2) is 4.79 Å². The van der Waals surface area contributed by atoms with Gasteiger partial charge in [0.05, 0.1) is 12.4 Å². The maximum atomic E-state index is 11.4. The van der Waals surface area contributed by atoms with E-state index in [1.54, 1.807) is 4.90 Å². The molecule has 0 aliphatic carbocycles. The van der Waals surface area contributed by atoms with Crippen LogP contribution in [0.3, 0.4) is 0 Å². The number of urea groups is 1. The van der Waals surface area contributed by atoms with E-state index >= 15 is 0 Å². The zero-order valence-corrected chi connectivity index (χ0v) is 11.4. The fourth-order valence-corrected chi connectivity index (χ4v) is 3.13. The first kappa shape index (κ1) is 13.6. The number of carbonyl (C=O) groups excluding carboxylic acids is 1. The highest BCUT2D eigenvalue weighted by molar-refractivity contribution is 7.86. The van der Waals surface area contributed by atoms with Crippen LogP contribution in [0.4, 0.5) is 4.79 Å². The van der Waals surface area contributed by atoms with Gasteiger partial charge < -0.3 is 10.2 Å². The highest BCUT2D eigenvalue weighted by Gasteiger charge is 2.35. The summed E-state index contributed by atoms with van der Waals surface area (Å²) in [7, 11) is -1.49. The number of hydrogen-bond acceptors (Lipinski definition) is 5. The van der Waals surface area contributed by atoms with Gasteiger partial charge in [-0.1, -0.05) is 0 Å². The molecule has 2 heterocycles. The molecular weight excluding hydrogens is 258 g/mol. The Labute approximate surface area is 107 Å². The second-order valence-electron chi connectivity index (χ2n) is 4.93. The normalized spacial score (nSPS) is 29.9. The Morgan fingerprint density at radius 3 is 2.78 bits per heavy atom. The highest BCUT2D eigenvalue weighted by Crippen LogP contribution is 2.21. The van der Waals surface area contributed by atoms with E-state index in [1.807, 2.05) is 11.9 Å². The maximum absolute atomic E-state index is 11.4. The van der Waals surface area contributed by atoms with E-state index in [9.17, 15) is 13.2 Å². The fraction of sp³-hybridized carbons (Fsp3) is 0.900. The lowest BCUT2D eigenvalue weighted by molar-refractivity contribution is 0.196. The van der Waals surface area contributed by atoms with Crippen molar-refractivity contribution in [2.45, 2.75) is 18.6 Å². The molecule has 2 rings (SSSR count). The molecule has 2 atom stereocenters. The van der Waals surface area contributed by atoms with Crippen LogP contribution in [-0.4, -0.2) is 75.9 Å². The van der Waals surface area contributed by atoms with Crippen LogP contribution >= 0.6 is 0 Å². The Balaban J connectivity index is 1.89. The molecule has 0 unspecified atom stereocenters. The third kappa shape index (κ3) is 3.33. The van der Waals surface area contributed by atoms with Gasteiger partial charge in [0.2, 0.25) is 0 Å². The topological polar surface area (TPSA) is 79.0 Å². The Hall–Kier alpha value is -0.860. The number of amides is 2. The average Bonchev–Trinajstić information content (AvgIpc) is 2.73. The summed E-state index contributed by atoms with van der Waals surface area (Å²) < 4.78 is 27.2. The third-order valence-corrected chi connectivity index (χ3v) is 3.96. The minimum absolute atomic E-state index is 0.0455. The Kier molecular flexibility index (Phi) is 3.79. The summed E-state index contributed by atoms with van der Waals surface area (Å²) in [5.41, 5.74) is 0. The van der Waals surface area contributed by atoms with E-state index in [0.29, 0.717) is 32.6 Å². The molecule has 0 radical (unpaired) electrons. The van der Waals surface area contributed by atoms with Crippen LogP contribution in [0.1, 0.15) is 6.42 Å². The summed E-state index contributed by atoms with van der Waals surface area (Å²) >= 11 is 0. The van der Waals surface area contributed by atoms with Gasteiger partial charge in [-0.2, -0.15) is 8.42 Å². The molecule has 7 nitrogen and oxygen atoms in total. The molecule has 0 aromatic carbocycles. The van der Waals surface area contributed by atoms with Gasteiger partial charge in [0.15, 0.2) is 0 Å². The van der Waals surface area contributed by atoms with Crippen molar-refractivity contribution >= 4 is 16.1 Å². The van der Waals surface area contributed by atoms with Crippen LogP contribution in [0, 0.1) is 0 Å². The third-order valence-electron chi connectivity index (χ3n) is 3.34. The van der Waals surface area contributed by atoms with E-state index in [2.05, 4.69) is 5.32 Å². The van der Waals surface area contributed by atoms with Crippen LogP contribution in [0.5, 0.6) is 0 Å². The molecule has 2 amide bonds. The number of nitrogens with one attached hydrogen (secondary N) is 1. The predicted octanol–water partition coefficient (Wildman–Crippen LogP) is -0.939. The first-order valence-electron chi connectivity index (χ1n) is 5.96. The monoisotopic (exact) mass is 277 g/mol. The molecule has 1 N–H and O–H groups in total. The lowest BCUT2D eigenvalue weighted by atomic mass is 10.2. The minimum atomic E-state index is -3.41.